The summed E-state index contributed by atoms with van der Waals surface area (Å²) in [7, 11) is 0. The molecule has 3 nitrogen and oxygen atoms in total. The minimum atomic E-state index is -4.68. The van der Waals surface area contributed by atoms with Crippen molar-refractivity contribution in [1.29, 1.82) is 5.41 Å². The Hall–Kier alpha value is -2.06. The molecule has 0 heterocycles. The van der Waals surface area contributed by atoms with Crippen LogP contribution in [0.4, 0.5) is 32.0 Å². The van der Waals surface area contributed by atoms with E-state index in [-0.39, 0.29) is 11.3 Å². The van der Waals surface area contributed by atoms with Crippen molar-refractivity contribution in [3.05, 3.63) is 29.8 Å². The Morgan fingerprint density at radius 1 is 1.05 bits per heavy atom. The first-order valence-electron chi connectivity index (χ1n) is 5.57. The maximum absolute atomic E-state index is 12.2. The third kappa shape index (κ3) is 6.77. The third-order valence-corrected chi connectivity index (χ3v) is 2.23. The molecule has 1 rings (SSSR count). The van der Waals surface area contributed by atoms with Gasteiger partial charge in [0, 0.05) is 11.4 Å². The van der Waals surface area contributed by atoms with Gasteiger partial charge in [0.25, 0.3) is 0 Å². The van der Waals surface area contributed by atoms with E-state index in [9.17, 15) is 31.1 Å². The van der Waals surface area contributed by atoms with E-state index in [1.807, 2.05) is 5.32 Å². The summed E-state index contributed by atoms with van der Waals surface area (Å²) < 4.78 is 72.4. The quantitative estimate of drug-likeness (QED) is 0.643. The number of alkyl halides is 6. The number of carbonyl (C=O) groups is 1. The lowest BCUT2D eigenvalue weighted by Gasteiger charge is -2.11. The van der Waals surface area contributed by atoms with Crippen LogP contribution in [-0.4, -0.2) is 24.0 Å². The molecule has 0 bridgehead atoms. The fourth-order valence-electron chi connectivity index (χ4n) is 1.47. The molecule has 1 aromatic carbocycles. The Bertz CT molecular complexity index is 535. The lowest BCUT2D eigenvalue weighted by molar-refractivity contribution is -0.150. The van der Waals surface area contributed by atoms with Crippen molar-refractivity contribution in [2.45, 2.75) is 25.2 Å². The molecule has 0 fully saturated rings. The summed E-state index contributed by atoms with van der Waals surface area (Å²) >= 11 is 0. The minimum absolute atomic E-state index is 0.103. The molecule has 21 heavy (non-hydrogen) atoms. The number of hydrogen-bond donors (Lipinski definition) is 2. The van der Waals surface area contributed by atoms with Crippen LogP contribution in [0.3, 0.4) is 0 Å². The number of benzene rings is 1. The minimum Gasteiger partial charge on any atom is -0.326 e. The van der Waals surface area contributed by atoms with Crippen molar-refractivity contribution >= 4 is 17.3 Å². The number of amides is 1. The van der Waals surface area contributed by atoms with Crippen LogP contribution in [0, 0.1) is 5.41 Å². The SMILES string of the molecule is N=C(CC(F)(F)F)c1cccc(NC(=O)CC(F)(F)F)c1. The van der Waals surface area contributed by atoms with Gasteiger partial charge in [-0.05, 0) is 17.7 Å². The highest BCUT2D eigenvalue weighted by Crippen LogP contribution is 2.24. The highest BCUT2D eigenvalue weighted by molar-refractivity contribution is 6.00. The Kier molecular flexibility index (Phi) is 4.97. The fourth-order valence-corrected chi connectivity index (χ4v) is 1.47. The second-order valence-electron chi connectivity index (χ2n) is 4.19. The maximum atomic E-state index is 12.2. The van der Waals surface area contributed by atoms with Crippen LogP contribution in [0.15, 0.2) is 24.3 Å². The van der Waals surface area contributed by atoms with Crippen LogP contribution in [0.5, 0.6) is 0 Å². The predicted octanol–water partition coefficient (Wildman–Crippen LogP) is 3.90. The number of nitrogens with one attached hydrogen (secondary N) is 2. The first-order chi connectivity index (χ1) is 9.46. The molecule has 0 aliphatic rings. The van der Waals surface area contributed by atoms with Gasteiger partial charge in [0.15, 0.2) is 0 Å². The Labute approximate surface area is 115 Å². The monoisotopic (exact) mass is 312 g/mol. The Morgan fingerprint density at radius 2 is 1.62 bits per heavy atom. The molecule has 0 radical (unpaired) electrons. The van der Waals surface area contributed by atoms with Gasteiger partial charge in [0.1, 0.15) is 6.42 Å². The molecule has 0 saturated heterocycles. The van der Waals surface area contributed by atoms with Gasteiger partial charge >= 0.3 is 12.4 Å². The van der Waals surface area contributed by atoms with Gasteiger partial charge in [-0.15, -0.1) is 0 Å². The first-order valence-corrected chi connectivity index (χ1v) is 5.57. The van der Waals surface area contributed by atoms with Crippen molar-refractivity contribution in [2.24, 2.45) is 0 Å². The molecular weight excluding hydrogens is 302 g/mol. The Balaban J connectivity index is 2.77. The zero-order valence-corrected chi connectivity index (χ0v) is 10.4. The third-order valence-electron chi connectivity index (χ3n) is 2.23. The van der Waals surface area contributed by atoms with Crippen molar-refractivity contribution < 1.29 is 31.1 Å². The van der Waals surface area contributed by atoms with E-state index < -0.39 is 36.8 Å². The van der Waals surface area contributed by atoms with E-state index in [4.69, 9.17) is 5.41 Å². The zero-order chi connectivity index (χ0) is 16.3. The summed E-state index contributed by atoms with van der Waals surface area (Å²) in [6.07, 6.45) is -12.4. The van der Waals surface area contributed by atoms with Crippen molar-refractivity contribution in [2.75, 3.05) is 5.32 Å². The van der Waals surface area contributed by atoms with Crippen LogP contribution in [0.1, 0.15) is 18.4 Å². The van der Waals surface area contributed by atoms with E-state index in [1.54, 1.807) is 0 Å². The largest absolute Gasteiger partial charge is 0.397 e. The summed E-state index contributed by atoms with van der Waals surface area (Å²) in [5, 5.41) is 9.22. The van der Waals surface area contributed by atoms with Crippen molar-refractivity contribution in [1.82, 2.24) is 0 Å². The van der Waals surface area contributed by atoms with Crippen molar-refractivity contribution in [3.8, 4) is 0 Å². The van der Waals surface area contributed by atoms with E-state index in [2.05, 4.69) is 0 Å². The van der Waals surface area contributed by atoms with Gasteiger partial charge in [0.2, 0.25) is 5.91 Å². The molecule has 2 N–H and O–H groups in total. The lowest BCUT2D eigenvalue weighted by atomic mass is 10.1. The molecule has 0 spiro atoms. The molecule has 1 aromatic rings. The van der Waals surface area contributed by atoms with E-state index >= 15 is 0 Å². The van der Waals surface area contributed by atoms with E-state index in [0.717, 1.165) is 6.07 Å². The number of halogens is 6. The molecule has 1 amide bonds. The molecule has 9 heteroatoms. The highest BCUT2D eigenvalue weighted by Gasteiger charge is 2.31. The molecule has 0 unspecified atom stereocenters. The summed E-state index contributed by atoms with van der Waals surface area (Å²) in [6, 6.07) is 4.68. The zero-order valence-electron chi connectivity index (χ0n) is 10.4. The van der Waals surface area contributed by atoms with Crippen LogP contribution < -0.4 is 5.32 Å². The van der Waals surface area contributed by atoms with Gasteiger partial charge in [0.05, 0.1) is 6.42 Å². The molecule has 0 aliphatic heterocycles. The maximum Gasteiger partial charge on any atom is 0.397 e. The van der Waals surface area contributed by atoms with Gasteiger partial charge in [-0.1, -0.05) is 12.1 Å². The van der Waals surface area contributed by atoms with Gasteiger partial charge in [-0.3, -0.25) is 4.79 Å². The normalized spacial score (nSPS) is 12.1. The Morgan fingerprint density at radius 3 is 2.14 bits per heavy atom. The van der Waals surface area contributed by atoms with Crippen LogP contribution in [0.25, 0.3) is 0 Å². The van der Waals surface area contributed by atoms with E-state index in [0.29, 0.717) is 0 Å². The average molecular weight is 312 g/mol. The molecule has 0 saturated carbocycles. The summed E-state index contributed by atoms with van der Waals surface area (Å²) in [6.45, 7) is 0. The fraction of sp³-hybridized carbons (Fsp3) is 0.333. The van der Waals surface area contributed by atoms with Crippen LogP contribution in [-0.2, 0) is 4.79 Å². The molecule has 0 aromatic heterocycles. The first kappa shape index (κ1) is 17.0. The lowest BCUT2D eigenvalue weighted by Crippen LogP contribution is -2.21. The predicted molar refractivity (Wildman–Crippen MR) is 63.2 cm³/mol. The van der Waals surface area contributed by atoms with Crippen LogP contribution >= 0.6 is 0 Å². The summed E-state index contributed by atoms with van der Waals surface area (Å²) in [4.78, 5) is 11.1. The number of hydrogen-bond acceptors (Lipinski definition) is 2. The molecule has 116 valence electrons. The topological polar surface area (TPSA) is 53.0 Å². The number of rotatable bonds is 4. The van der Waals surface area contributed by atoms with E-state index in [1.165, 1.54) is 18.2 Å². The second kappa shape index (κ2) is 6.15. The average Bonchev–Trinajstić information content (AvgIpc) is 2.24. The van der Waals surface area contributed by atoms with Gasteiger partial charge in [-0.2, -0.15) is 26.3 Å². The number of carbonyl (C=O) groups excluding carboxylic acids is 1. The number of anilines is 1. The van der Waals surface area contributed by atoms with Gasteiger partial charge in [-0.25, -0.2) is 0 Å². The molecule has 0 aliphatic carbocycles. The van der Waals surface area contributed by atoms with Gasteiger partial charge < -0.3 is 10.7 Å². The highest BCUT2D eigenvalue weighted by atomic mass is 19.4. The summed E-state index contributed by atoms with van der Waals surface area (Å²) in [5.74, 6) is -1.33. The van der Waals surface area contributed by atoms with Crippen molar-refractivity contribution in [3.63, 3.8) is 0 Å². The summed E-state index contributed by atoms with van der Waals surface area (Å²) in [5.41, 5.74) is -0.972. The molecule has 0 atom stereocenters. The second-order valence-corrected chi connectivity index (χ2v) is 4.19. The smallest absolute Gasteiger partial charge is 0.326 e. The molecular formula is C12H10F6N2O. The van der Waals surface area contributed by atoms with Crippen LogP contribution in [0.2, 0.25) is 0 Å². The standard InChI is InChI=1S/C12H10F6N2O/c13-11(14,15)5-9(19)7-2-1-3-8(4-7)20-10(21)6-12(16,17)18/h1-4,19H,5-6H2,(H,20,21).